The minimum Gasteiger partial charge on any atom is -0.497 e. The molecule has 1 atom stereocenters. The van der Waals surface area contributed by atoms with Crippen LogP contribution in [0.4, 0.5) is 5.69 Å². The van der Waals surface area contributed by atoms with E-state index in [1.54, 1.807) is 31.4 Å². The van der Waals surface area contributed by atoms with Gasteiger partial charge in [-0.1, -0.05) is 11.6 Å². The first-order chi connectivity index (χ1) is 14.8. The van der Waals surface area contributed by atoms with E-state index in [-0.39, 0.29) is 28.1 Å². The summed E-state index contributed by atoms with van der Waals surface area (Å²) in [7, 11) is 0.552. The summed E-state index contributed by atoms with van der Waals surface area (Å²) in [4.78, 5) is 12.9. The second-order valence-electron chi connectivity index (χ2n) is 7.05. The van der Waals surface area contributed by atoms with Crippen LogP contribution in [0.25, 0.3) is 0 Å². The molecule has 1 N–H and O–H groups in total. The Balaban J connectivity index is 1.79. The summed E-state index contributed by atoms with van der Waals surface area (Å²) < 4.78 is 43.5. The molecule has 1 aliphatic heterocycles. The average Bonchev–Trinajstić information content (AvgIpc) is 2.79. The van der Waals surface area contributed by atoms with Crippen LogP contribution >= 0.6 is 11.6 Å². The number of carbonyl (C=O) groups is 1. The number of hydrogen-bond donors (Lipinski definition) is 1. The summed E-state index contributed by atoms with van der Waals surface area (Å²) in [6, 6.07) is 9.50. The summed E-state index contributed by atoms with van der Waals surface area (Å²) >= 11 is 6.01. The van der Waals surface area contributed by atoms with Crippen LogP contribution in [0.1, 0.15) is 12.8 Å². The molecule has 1 amide bonds. The van der Waals surface area contributed by atoms with Gasteiger partial charge in [0.25, 0.3) is 0 Å². The highest BCUT2D eigenvalue weighted by Gasteiger charge is 2.35. The van der Waals surface area contributed by atoms with E-state index >= 15 is 0 Å². The molecule has 0 radical (unpaired) electrons. The number of amides is 1. The van der Waals surface area contributed by atoms with Crippen LogP contribution in [0.15, 0.2) is 41.3 Å². The van der Waals surface area contributed by atoms with Crippen molar-refractivity contribution in [3.63, 3.8) is 0 Å². The molecule has 1 heterocycles. The molecule has 0 aliphatic carbocycles. The van der Waals surface area contributed by atoms with Gasteiger partial charge in [-0.2, -0.15) is 4.31 Å². The maximum Gasteiger partial charge on any atom is 0.246 e. The Bertz CT molecular complexity index is 1060. The van der Waals surface area contributed by atoms with Gasteiger partial charge in [-0.25, -0.2) is 8.42 Å². The number of methoxy groups -OCH3 is 3. The highest BCUT2D eigenvalue weighted by Crippen LogP contribution is 2.33. The number of rotatable bonds is 7. The van der Waals surface area contributed by atoms with Crippen molar-refractivity contribution in [2.75, 3.05) is 39.7 Å². The van der Waals surface area contributed by atoms with Crippen molar-refractivity contribution >= 4 is 33.2 Å². The molecular weight excluding hydrogens is 444 g/mol. The van der Waals surface area contributed by atoms with Crippen molar-refractivity contribution in [1.29, 1.82) is 0 Å². The number of halogens is 1. The number of sulfonamides is 1. The summed E-state index contributed by atoms with van der Waals surface area (Å²) in [5, 5.41) is 3.13. The van der Waals surface area contributed by atoms with Gasteiger partial charge in [0.2, 0.25) is 15.9 Å². The predicted octanol–water partition coefficient (Wildman–Crippen LogP) is 3.41. The maximum absolute atomic E-state index is 13.2. The number of carbonyl (C=O) groups excluding carboxylic acids is 1. The quantitative estimate of drug-likeness (QED) is 0.669. The molecule has 1 saturated heterocycles. The second kappa shape index (κ2) is 9.76. The van der Waals surface area contributed by atoms with Crippen LogP contribution in [0.2, 0.25) is 5.02 Å². The number of hydrogen-bond acceptors (Lipinski definition) is 6. The molecular formula is C21H25ClN2O6S. The van der Waals surface area contributed by atoms with E-state index in [1.165, 1.54) is 30.7 Å². The molecule has 3 rings (SSSR count). The fourth-order valence-corrected chi connectivity index (χ4v) is 5.44. The van der Waals surface area contributed by atoms with Gasteiger partial charge in [-0.15, -0.1) is 0 Å². The third kappa shape index (κ3) is 5.06. The summed E-state index contributed by atoms with van der Waals surface area (Å²) in [5.41, 5.74) is 0.491. The molecule has 10 heteroatoms. The van der Waals surface area contributed by atoms with Gasteiger partial charge in [0.15, 0.2) is 0 Å². The molecule has 8 nitrogen and oxygen atoms in total. The Labute approximate surface area is 187 Å². The van der Waals surface area contributed by atoms with Crippen molar-refractivity contribution in [3.05, 3.63) is 41.4 Å². The Morgan fingerprint density at radius 3 is 2.48 bits per heavy atom. The van der Waals surface area contributed by atoms with Crippen LogP contribution in [0.3, 0.4) is 0 Å². The van der Waals surface area contributed by atoms with Crippen LogP contribution in [-0.4, -0.2) is 53.0 Å². The summed E-state index contributed by atoms with van der Waals surface area (Å²) in [5.74, 6) is 0.470. The molecule has 1 aliphatic rings. The Kier molecular flexibility index (Phi) is 7.30. The topological polar surface area (TPSA) is 94.2 Å². The van der Waals surface area contributed by atoms with Crippen LogP contribution in [0.5, 0.6) is 17.2 Å². The van der Waals surface area contributed by atoms with Crippen LogP contribution < -0.4 is 19.5 Å². The lowest BCUT2D eigenvalue weighted by atomic mass is 9.98. The molecule has 31 heavy (non-hydrogen) atoms. The van der Waals surface area contributed by atoms with E-state index in [9.17, 15) is 13.2 Å². The number of anilines is 1. The highest BCUT2D eigenvalue weighted by atomic mass is 35.5. The van der Waals surface area contributed by atoms with Crippen molar-refractivity contribution in [2.45, 2.75) is 17.7 Å². The highest BCUT2D eigenvalue weighted by molar-refractivity contribution is 7.89. The fraction of sp³-hybridized carbons (Fsp3) is 0.381. The lowest BCUT2D eigenvalue weighted by molar-refractivity contribution is -0.120. The number of nitrogens with one attached hydrogen (secondary N) is 1. The van der Waals surface area contributed by atoms with Crippen LogP contribution in [0, 0.1) is 5.92 Å². The fourth-order valence-electron chi connectivity index (χ4n) is 3.50. The van der Waals surface area contributed by atoms with Crippen molar-refractivity contribution in [1.82, 2.24) is 4.31 Å². The second-order valence-corrected chi connectivity index (χ2v) is 9.40. The molecule has 0 aromatic heterocycles. The van der Waals surface area contributed by atoms with Crippen LogP contribution in [-0.2, 0) is 14.8 Å². The van der Waals surface area contributed by atoms with E-state index in [1.807, 2.05) is 0 Å². The third-order valence-corrected chi connectivity index (χ3v) is 7.29. The standard InChI is InChI=1S/C21H25ClN2O6S/c1-28-16-7-8-17(19(12-16)30-3)23-21(25)14-5-4-10-24(13-14)31(26,27)20-11-15(22)6-9-18(20)29-2/h6-9,11-12,14H,4-5,10,13H2,1-3H3,(H,23,25)/t14-/m1/s1. The van der Waals surface area contributed by atoms with Gasteiger partial charge in [-0.3, -0.25) is 4.79 Å². The molecule has 0 bridgehead atoms. The average molecular weight is 469 g/mol. The first kappa shape index (κ1) is 23.2. The molecule has 2 aromatic carbocycles. The van der Waals surface area contributed by atoms with E-state index in [0.717, 1.165) is 0 Å². The van der Waals surface area contributed by atoms with Gasteiger partial charge < -0.3 is 19.5 Å². The minimum absolute atomic E-state index is 0.0135. The number of nitrogens with zero attached hydrogens (tertiary/aromatic N) is 1. The zero-order chi connectivity index (χ0) is 22.6. The van der Waals surface area contributed by atoms with Gasteiger partial charge >= 0.3 is 0 Å². The Hall–Kier alpha value is -2.49. The van der Waals surface area contributed by atoms with E-state index < -0.39 is 15.9 Å². The summed E-state index contributed by atoms with van der Waals surface area (Å²) in [6.07, 6.45) is 1.13. The normalized spacial score (nSPS) is 17.1. The van der Waals surface area contributed by atoms with Crippen molar-refractivity contribution in [2.24, 2.45) is 5.92 Å². The first-order valence-electron chi connectivity index (χ1n) is 9.66. The predicted molar refractivity (Wildman–Crippen MR) is 118 cm³/mol. The Morgan fingerprint density at radius 2 is 1.81 bits per heavy atom. The van der Waals surface area contributed by atoms with E-state index in [0.29, 0.717) is 36.6 Å². The van der Waals surface area contributed by atoms with Gasteiger partial charge in [-0.05, 0) is 43.2 Å². The monoisotopic (exact) mass is 468 g/mol. The molecule has 0 saturated carbocycles. The number of benzene rings is 2. The first-order valence-corrected chi connectivity index (χ1v) is 11.5. The smallest absolute Gasteiger partial charge is 0.246 e. The van der Waals surface area contributed by atoms with Crippen molar-refractivity contribution in [3.8, 4) is 17.2 Å². The zero-order valence-electron chi connectivity index (χ0n) is 17.6. The third-order valence-electron chi connectivity index (χ3n) is 5.16. The molecule has 2 aromatic rings. The summed E-state index contributed by atoms with van der Waals surface area (Å²) in [6.45, 7) is 0.371. The van der Waals surface area contributed by atoms with Gasteiger partial charge in [0.05, 0.1) is 32.9 Å². The molecule has 168 valence electrons. The van der Waals surface area contributed by atoms with Gasteiger partial charge in [0.1, 0.15) is 22.1 Å². The SMILES string of the molecule is COc1ccc(NC(=O)[C@@H]2CCCN(S(=O)(=O)c3cc(Cl)ccc3OC)C2)c(OC)c1. The number of ether oxygens (including phenoxy) is 3. The molecule has 0 unspecified atom stereocenters. The lowest BCUT2D eigenvalue weighted by Gasteiger charge is -2.31. The van der Waals surface area contributed by atoms with E-state index in [4.69, 9.17) is 25.8 Å². The lowest BCUT2D eigenvalue weighted by Crippen LogP contribution is -2.43. The van der Waals surface area contributed by atoms with Gasteiger partial charge in [0, 0.05) is 24.2 Å². The largest absolute Gasteiger partial charge is 0.497 e. The molecule has 0 spiro atoms. The number of piperidine rings is 1. The zero-order valence-corrected chi connectivity index (χ0v) is 19.1. The van der Waals surface area contributed by atoms with E-state index in [2.05, 4.69) is 5.32 Å². The maximum atomic E-state index is 13.2. The van der Waals surface area contributed by atoms with Crippen molar-refractivity contribution < 1.29 is 27.4 Å². The molecule has 1 fully saturated rings. The Morgan fingerprint density at radius 1 is 1.06 bits per heavy atom. The minimum atomic E-state index is -3.89.